The molecule has 6 heteroatoms. The fourth-order valence-corrected chi connectivity index (χ4v) is 1.64. The van der Waals surface area contributed by atoms with Crippen LogP contribution in [0.1, 0.15) is 24.6 Å². The summed E-state index contributed by atoms with van der Waals surface area (Å²) >= 11 is 0. The fourth-order valence-electron chi connectivity index (χ4n) is 1.64. The van der Waals surface area contributed by atoms with Crippen molar-refractivity contribution in [2.75, 3.05) is 0 Å². The van der Waals surface area contributed by atoms with Gasteiger partial charge < -0.3 is 15.7 Å². The van der Waals surface area contributed by atoms with Crippen LogP contribution in [-0.2, 0) is 17.8 Å². The van der Waals surface area contributed by atoms with Crippen LogP contribution in [0.2, 0.25) is 0 Å². The van der Waals surface area contributed by atoms with Crippen LogP contribution in [-0.4, -0.2) is 28.1 Å². The largest absolute Gasteiger partial charge is 0.480 e. The molecule has 0 radical (unpaired) electrons. The van der Waals surface area contributed by atoms with E-state index in [0.717, 1.165) is 17.7 Å². The number of urea groups is 1. The zero-order valence-electron chi connectivity index (χ0n) is 11.2. The molecule has 1 heterocycles. The smallest absolute Gasteiger partial charge is 0.327 e. The van der Waals surface area contributed by atoms with Gasteiger partial charge in [0, 0.05) is 12.6 Å². The normalized spacial score (nSPS) is 11.2. The summed E-state index contributed by atoms with van der Waals surface area (Å²) in [4.78, 5) is 26.7. The summed E-state index contributed by atoms with van der Waals surface area (Å²) in [7, 11) is 0. The predicted molar refractivity (Wildman–Crippen MR) is 73.9 cm³/mol. The number of carboxylic acids is 1. The molecule has 20 heavy (non-hydrogen) atoms. The van der Waals surface area contributed by atoms with Crippen molar-refractivity contribution in [2.45, 2.75) is 32.4 Å². The van der Waals surface area contributed by atoms with Crippen molar-refractivity contribution in [3.8, 4) is 12.3 Å². The van der Waals surface area contributed by atoms with Crippen LogP contribution in [0.15, 0.2) is 18.3 Å². The van der Waals surface area contributed by atoms with Crippen LogP contribution in [0, 0.1) is 12.3 Å². The molecule has 106 valence electrons. The van der Waals surface area contributed by atoms with Crippen LogP contribution in [0.3, 0.4) is 0 Å². The van der Waals surface area contributed by atoms with Crippen LogP contribution in [0.25, 0.3) is 0 Å². The molecule has 0 spiro atoms. The van der Waals surface area contributed by atoms with Crippen LogP contribution >= 0.6 is 0 Å². The molecule has 1 atom stereocenters. The van der Waals surface area contributed by atoms with E-state index in [1.165, 1.54) is 0 Å². The monoisotopic (exact) mass is 275 g/mol. The molecular weight excluding hydrogens is 258 g/mol. The Kier molecular flexibility index (Phi) is 6.04. The quantitative estimate of drug-likeness (QED) is 0.673. The zero-order chi connectivity index (χ0) is 15.0. The van der Waals surface area contributed by atoms with E-state index < -0.39 is 18.0 Å². The Morgan fingerprint density at radius 1 is 1.55 bits per heavy atom. The molecule has 0 fully saturated rings. The molecule has 1 aromatic heterocycles. The standard InChI is InChI=1S/C14H17N3O3/c1-3-6-11(13(18)19)17-14(20)16-9-12-10(4-2)7-5-8-15-12/h1,5,7-8,11H,4,6,9H2,2H3,(H,18,19)(H2,16,17,20). The van der Waals surface area contributed by atoms with E-state index in [9.17, 15) is 9.59 Å². The predicted octanol–water partition coefficient (Wildman–Crippen LogP) is 0.920. The van der Waals surface area contributed by atoms with Gasteiger partial charge in [0.25, 0.3) is 0 Å². The maximum atomic E-state index is 11.6. The van der Waals surface area contributed by atoms with Crippen LogP contribution in [0.5, 0.6) is 0 Å². The highest BCUT2D eigenvalue weighted by Gasteiger charge is 2.18. The van der Waals surface area contributed by atoms with Crippen molar-refractivity contribution in [3.05, 3.63) is 29.6 Å². The second kappa shape index (κ2) is 7.79. The maximum Gasteiger partial charge on any atom is 0.327 e. The van der Waals surface area contributed by atoms with E-state index in [1.54, 1.807) is 6.20 Å². The molecular formula is C14H17N3O3. The lowest BCUT2D eigenvalue weighted by molar-refractivity contribution is -0.139. The molecule has 2 amide bonds. The highest BCUT2D eigenvalue weighted by Crippen LogP contribution is 2.05. The Labute approximate surface area is 117 Å². The van der Waals surface area contributed by atoms with Crippen molar-refractivity contribution < 1.29 is 14.7 Å². The van der Waals surface area contributed by atoms with E-state index in [0.29, 0.717) is 0 Å². The molecule has 0 aliphatic heterocycles. The molecule has 3 N–H and O–H groups in total. The SMILES string of the molecule is C#CCC(NC(=O)NCc1ncccc1CC)C(=O)O. The number of carbonyl (C=O) groups is 2. The molecule has 1 aromatic rings. The summed E-state index contributed by atoms with van der Waals surface area (Å²) in [6.45, 7) is 2.23. The van der Waals surface area contributed by atoms with Gasteiger partial charge in [-0.25, -0.2) is 9.59 Å². The number of carboxylic acid groups (broad SMARTS) is 1. The molecule has 0 bridgehead atoms. The van der Waals surface area contributed by atoms with Gasteiger partial charge in [-0.2, -0.15) is 0 Å². The topological polar surface area (TPSA) is 91.3 Å². The molecule has 0 saturated heterocycles. The third kappa shape index (κ3) is 4.61. The average Bonchev–Trinajstić information content (AvgIpc) is 2.44. The number of terminal acetylenes is 1. The Morgan fingerprint density at radius 2 is 2.30 bits per heavy atom. The number of aromatic nitrogens is 1. The third-order valence-electron chi connectivity index (χ3n) is 2.71. The van der Waals surface area contributed by atoms with E-state index >= 15 is 0 Å². The lowest BCUT2D eigenvalue weighted by Crippen LogP contribution is -2.45. The summed E-state index contributed by atoms with van der Waals surface area (Å²) in [6, 6.07) is 2.09. The van der Waals surface area contributed by atoms with Gasteiger partial charge in [0.2, 0.25) is 0 Å². The number of nitrogens with zero attached hydrogens (tertiary/aromatic N) is 1. The second-order valence-corrected chi connectivity index (χ2v) is 4.09. The van der Waals surface area contributed by atoms with E-state index in [-0.39, 0.29) is 13.0 Å². The fraction of sp³-hybridized carbons (Fsp3) is 0.357. The lowest BCUT2D eigenvalue weighted by atomic mass is 10.1. The molecule has 0 aromatic carbocycles. The highest BCUT2D eigenvalue weighted by molar-refractivity contribution is 5.82. The Hall–Kier alpha value is -2.55. The minimum Gasteiger partial charge on any atom is -0.480 e. The number of pyridine rings is 1. The number of aliphatic carboxylic acids is 1. The number of amides is 2. The van der Waals surface area contributed by atoms with Gasteiger partial charge in [-0.15, -0.1) is 12.3 Å². The van der Waals surface area contributed by atoms with E-state index in [2.05, 4.69) is 21.5 Å². The molecule has 1 rings (SSSR count). The minimum atomic E-state index is -1.16. The summed E-state index contributed by atoms with van der Waals surface area (Å²) in [5.41, 5.74) is 1.79. The van der Waals surface area contributed by atoms with Gasteiger partial charge in [0.1, 0.15) is 6.04 Å². The van der Waals surface area contributed by atoms with Gasteiger partial charge in [0.05, 0.1) is 12.2 Å². The van der Waals surface area contributed by atoms with Crippen molar-refractivity contribution >= 4 is 12.0 Å². The second-order valence-electron chi connectivity index (χ2n) is 4.09. The third-order valence-corrected chi connectivity index (χ3v) is 2.71. The van der Waals surface area contributed by atoms with E-state index in [1.807, 2.05) is 19.1 Å². The minimum absolute atomic E-state index is 0.0629. The first kappa shape index (κ1) is 15.5. The zero-order valence-corrected chi connectivity index (χ0v) is 11.2. The molecule has 0 saturated carbocycles. The first-order chi connectivity index (χ1) is 9.58. The molecule has 0 aliphatic rings. The van der Waals surface area contributed by atoms with Crippen molar-refractivity contribution in [1.29, 1.82) is 0 Å². The van der Waals surface area contributed by atoms with Crippen LogP contribution in [0.4, 0.5) is 4.79 Å². The van der Waals surface area contributed by atoms with Gasteiger partial charge in [-0.05, 0) is 18.1 Å². The summed E-state index contributed by atoms with van der Waals surface area (Å²) in [5.74, 6) is 1.05. The van der Waals surface area contributed by atoms with Crippen LogP contribution < -0.4 is 10.6 Å². The summed E-state index contributed by atoms with van der Waals surface area (Å²) in [5, 5.41) is 13.7. The lowest BCUT2D eigenvalue weighted by Gasteiger charge is -2.13. The molecule has 0 aliphatic carbocycles. The number of rotatable bonds is 6. The van der Waals surface area contributed by atoms with Gasteiger partial charge in [-0.3, -0.25) is 4.98 Å². The van der Waals surface area contributed by atoms with Gasteiger partial charge in [-0.1, -0.05) is 13.0 Å². The summed E-state index contributed by atoms with van der Waals surface area (Å²) < 4.78 is 0. The molecule has 1 unspecified atom stereocenters. The Morgan fingerprint density at radius 3 is 2.90 bits per heavy atom. The summed E-state index contributed by atoms with van der Waals surface area (Å²) in [6.07, 6.45) is 7.44. The Bertz CT molecular complexity index is 523. The first-order valence-electron chi connectivity index (χ1n) is 6.21. The van der Waals surface area contributed by atoms with Crippen molar-refractivity contribution in [1.82, 2.24) is 15.6 Å². The van der Waals surface area contributed by atoms with Crippen molar-refractivity contribution in [2.24, 2.45) is 0 Å². The average molecular weight is 275 g/mol. The number of nitrogens with one attached hydrogen (secondary N) is 2. The molecule has 6 nitrogen and oxygen atoms in total. The highest BCUT2D eigenvalue weighted by atomic mass is 16.4. The van der Waals surface area contributed by atoms with Crippen molar-refractivity contribution in [3.63, 3.8) is 0 Å². The van der Waals surface area contributed by atoms with Gasteiger partial charge >= 0.3 is 12.0 Å². The number of hydrogen-bond donors (Lipinski definition) is 3. The number of aryl methyl sites for hydroxylation is 1. The Balaban J connectivity index is 2.55. The number of hydrogen-bond acceptors (Lipinski definition) is 3. The number of carbonyl (C=O) groups excluding carboxylic acids is 1. The first-order valence-corrected chi connectivity index (χ1v) is 6.21. The van der Waals surface area contributed by atoms with E-state index in [4.69, 9.17) is 11.5 Å². The maximum absolute atomic E-state index is 11.6. The van der Waals surface area contributed by atoms with Gasteiger partial charge in [0.15, 0.2) is 0 Å².